The van der Waals surface area contributed by atoms with Gasteiger partial charge in [0.15, 0.2) is 0 Å². The number of nitrogens with zero attached hydrogens (tertiary/aromatic N) is 1. The maximum Gasteiger partial charge on any atom is 0.298 e. The minimum absolute atomic E-state index is 0.0621. The molecule has 3 nitrogen and oxygen atoms in total. The van der Waals surface area contributed by atoms with E-state index in [0.717, 1.165) is 32.2 Å². The number of carbonyl (C=O) groups excluding carboxylic acids is 1. The van der Waals surface area contributed by atoms with Crippen molar-refractivity contribution in [2.24, 2.45) is 0 Å². The Morgan fingerprint density at radius 3 is 3.07 bits per heavy atom. The lowest BCUT2D eigenvalue weighted by Gasteiger charge is -2.21. The number of hydrogen-bond acceptors (Lipinski definition) is 2. The van der Waals surface area contributed by atoms with Crippen LogP contribution in [0, 0.1) is 11.8 Å². The molecule has 1 unspecified atom stereocenters. The van der Waals surface area contributed by atoms with Crippen molar-refractivity contribution >= 4 is 5.91 Å². The molecular weight excluding hydrogens is 178 g/mol. The fourth-order valence-corrected chi connectivity index (χ4v) is 1.91. The molecule has 1 heterocycles. The van der Waals surface area contributed by atoms with E-state index in [4.69, 9.17) is 5.11 Å². The summed E-state index contributed by atoms with van der Waals surface area (Å²) in [6.07, 6.45) is 3.78. The van der Waals surface area contributed by atoms with E-state index in [1.165, 1.54) is 0 Å². The minimum atomic E-state index is -0.0621. The van der Waals surface area contributed by atoms with Crippen molar-refractivity contribution in [1.82, 2.24) is 4.90 Å². The second-order valence-corrected chi connectivity index (χ2v) is 3.54. The molecule has 0 aromatic carbocycles. The minimum Gasteiger partial charge on any atom is -0.396 e. The highest BCUT2D eigenvalue weighted by atomic mass is 16.3. The number of carbonyl (C=O) groups is 1. The normalized spacial score (nSPS) is 20.4. The number of aliphatic hydroxyl groups is 1. The van der Waals surface area contributed by atoms with E-state index in [0.29, 0.717) is 6.04 Å². The van der Waals surface area contributed by atoms with Gasteiger partial charge in [0.2, 0.25) is 0 Å². The second-order valence-electron chi connectivity index (χ2n) is 3.54. The molecule has 0 saturated carbocycles. The van der Waals surface area contributed by atoms with Crippen LogP contribution in [0.1, 0.15) is 32.6 Å². The van der Waals surface area contributed by atoms with Crippen molar-refractivity contribution in [3.63, 3.8) is 0 Å². The van der Waals surface area contributed by atoms with Gasteiger partial charge in [-0.3, -0.25) is 4.79 Å². The van der Waals surface area contributed by atoms with Crippen molar-refractivity contribution in [1.29, 1.82) is 0 Å². The molecule has 1 rings (SSSR count). The predicted molar refractivity (Wildman–Crippen MR) is 54.5 cm³/mol. The van der Waals surface area contributed by atoms with Crippen molar-refractivity contribution in [2.45, 2.75) is 38.6 Å². The highest BCUT2D eigenvalue weighted by molar-refractivity contribution is 5.93. The van der Waals surface area contributed by atoms with Gasteiger partial charge in [-0.05, 0) is 38.5 Å². The molecule has 0 aliphatic carbocycles. The first-order chi connectivity index (χ1) is 6.79. The van der Waals surface area contributed by atoms with Gasteiger partial charge in [-0.15, -0.1) is 0 Å². The van der Waals surface area contributed by atoms with Crippen LogP contribution >= 0.6 is 0 Å². The highest BCUT2D eigenvalue weighted by Crippen LogP contribution is 2.20. The summed E-state index contributed by atoms with van der Waals surface area (Å²) in [5.41, 5.74) is 0. The molecule has 1 atom stereocenters. The summed E-state index contributed by atoms with van der Waals surface area (Å²) < 4.78 is 0. The third-order valence-electron chi connectivity index (χ3n) is 2.57. The van der Waals surface area contributed by atoms with Crippen molar-refractivity contribution in [3.05, 3.63) is 0 Å². The van der Waals surface area contributed by atoms with Gasteiger partial charge in [0, 0.05) is 19.2 Å². The van der Waals surface area contributed by atoms with Crippen molar-refractivity contribution < 1.29 is 9.90 Å². The zero-order chi connectivity index (χ0) is 10.4. The first-order valence-corrected chi connectivity index (χ1v) is 5.13. The lowest BCUT2D eigenvalue weighted by molar-refractivity contribution is -0.126. The summed E-state index contributed by atoms with van der Waals surface area (Å²) in [5.74, 6) is 5.14. The van der Waals surface area contributed by atoms with Gasteiger partial charge in [0.05, 0.1) is 0 Å². The lowest BCUT2D eigenvalue weighted by Crippen LogP contribution is -2.34. The Bertz CT molecular complexity index is 252. The molecule has 1 aliphatic rings. The van der Waals surface area contributed by atoms with Gasteiger partial charge >= 0.3 is 0 Å². The summed E-state index contributed by atoms with van der Waals surface area (Å²) >= 11 is 0. The van der Waals surface area contributed by atoms with Crippen molar-refractivity contribution in [3.8, 4) is 11.8 Å². The topological polar surface area (TPSA) is 40.5 Å². The smallest absolute Gasteiger partial charge is 0.298 e. The number of hydrogen-bond donors (Lipinski definition) is 1. The summed E-state index contributed by atoms with van der Waals surface area (Å²) in [5, 5.41) is 8.72. The molecule has 0 bridgehead atoms. The molecule has 1 N–H and O–H groups in total. The summed E-state index contributed by atoms with van der Waals surface area (Å²) in [4.78, 5) is 13.3. The summed E-state index contributed by atoms with van der Waals surface area (Å²) in [6.45, 7) is 2.71. The monoisotopic (exact) mass is 195 g/mol. The average molecular weight is 195 g/mol. The standard InChI is InChI=1S/C11H17NO2/c1-2-5-11(14)12-8-3-6-10(12)7-4-9-13/h10,13H,3-4,6-9H2,1H3. The third-order valence-corrected chi connectivity index (χ3v) is 2.57. The van der Waals surface area contributed by atoms with Gasteiger partial charge in [0.1, 0.15) is 0 Å². The number of likely N-dealkylation sites (tertiary alicyclic amines) is 1. The molecule has 0 spiro atoms. The molecule has 1 aliphatic heterocycles. The Morgan fingerprint density at radius 1 is 1.64 bits per heavy atom. The number of amides is 1. The van der Waals surface area contributed by atoms with E-state index in [1.54, 1.807) is 6.92 Å². The fraction of sp³-hybridized carbons (Fsp3) is 0.727. The van der Waals surface area contributed by atoms with Crippen LogP contribution in [0.4, 0.5) is 0 Å². The maximum absolute atomic E-state index is 11.5. The maximum atomic E-state index is 11.5. The lowest BCUT2D eigenvalue weighted by atomic mass is 10.1. The largest absolute Gasteiger partial charge is 0.396 e. The molecule has 1 fully saturated rings. The van der Waals surface area contributed by atoms with Crippen LogP contribution in [0.25, 0.3) is 0 Å². The molecule has 0 aromatic heterocycles. The first kappa shape index (κ1) is 11.1. The zero-order valence-corrected chi connectivity index (χ0v) is 8.62. The Labute approximate surface area is 85.1 Å². The van der Waals surface area contributed by atoms with Gasteiger partial charge in [0.25, 0.3) is 5.91 Å². The van der Waals surface area contributed by atoms with E-state index in [9.17, 15) is 4.79 Å². The Kier molecular flexibility index (Phi) is 4.48. The van der Waals surface area contributed by atoms with Crippen LogP contribution in [-0.4, -0.2) is 35.1 Å². The molecule has 0 radical (unpaired) electrons. The van der Waals surface area contributed by atoms with Gasteiger partial charge in [-0.2, -0.15) is 0 Å². The van der Waals surface area contributed by atoms with Gasteiger partial charge in [-0.25, -0.2) is 0 Å². The van der Waals surface area contributed by atoms with Gasteiger partial charge in [-0.1, -0.05) is 5.92 Å². The highest BCUT2D eigenvalue weighted by Gasteiger charge is 2.26. The second kappa shape index (κ2) is 5.66. The van der Waals surface area contributed by atoms with E-state index in [1.807, 2.05) is 4.90 Å². The summed E-state index contributed by atoms with van der Waals surface area (Å²) in [6, 6.07) is 0.301. The third kappa shape index (κ3) is 2.74. The predicted octanol–water partition coefficient (Wildman–Crippen LogP) is 0.773. The average Bonchev–Trinajstić information content (AvgIpc) is 2.63. The Hall–Kier alpha value is -1.01. The number of rotatable bonds is 3. The van der Waals surface area contributed by atoms with Crippen LogP contribution in [0.3, 0.4) is 0 Å². The molecular formula is C11H17NO2. The fourth-order valence-electron chi connectivity index (χ4n) is 1.91. The quantitative estimate of drug-likeness (QED) is 0.676. The van der Waals surface area contributed by atoms with E-state index >= 15 is 0 Å². The Morgan fingerprint density at radius 2 is 2.43 bits per heavy atom. The molecule has 78 valence electrons. The van der Waals surface area contributed by atoms with Crippen LogP contribution < -0.4 is 0 Å². The molecule has 14 heavy (non-hydrogen) atoms. The van der Waals surface area contributed by atoms with Crippen LogP contribution in [0.5, 0.6) is 0 Å². The molecule has 1 saturated heterocycles. The zero-order valence-electron chi connectivity index (χ0n) is 8.62. The SMILES string of the molecule is CC#CC(=O)N1CCCC1CCCO. The summed E-state index contributed by atoms with van der Waals surface area (Å²) in [7, 11) is 0. The Balaban J connectivity index is 2.48. The molecule has 3 heteroatoms. The van der Waals surface area contributed by atoms with E-state index in [2.05, 4.69) is 11.8 Å². The van der Waals surface area contributed by atoms with Crippen LogP contribution in [0.15, 0.2) is 0 Å². The van der Waals surface area contributed by atoms with Crippen molar-refractivity contribution in [2.75, 3.05) is 13.2 Å². The van der Waals surface area contributed by atoms with Gasteiger partial charge < -0.3 is 10.0 Å². The van der Waals surface area contributed by atoms with E-state index < -0.39 is 0 Å². The van der Waals surface area contributed by atoms with Crippen LogP contribution in [-0.2, 0) is 4.79 Å². The van der Waals surface area contributed by atoms with E-state index in [-0.39, 0.29) is 12.5 Å². The first-order valence-electron chi connectivity index (χ1n) is 5.13. The molecule has 0 aromatic rings. The molecule has 1 amide bonds. The number of aliphatic hydroxyl groups excluding tert-OH is 1. The van der Waals surface area contributed by atoms with Crippen LogP contribution in [0.2, 0.25) is 0 Å².